The van der Waals surface area contributed by atoms with Crippen LogP contribution in [0.1, 0.15) is 23.2 Å². The molecule has 2 unspecified atom stereocenters. The van der Waals surface area contributed by atoms with E-state index in [4.69, 9.17) is 9.47 Å². The summed E-state index contributed by atoms with van der Waals surface area (Å²) in [5.74, 6) is 0.0697. The smallest absolute Gasteiger partial charge is 0.254 e. The van der Waals surface area contributed by atoms with Gasteiger partial charge in [-0.05, 0) is 30.4 Å². The predicted octanol–water partition coefficient (Wildman–Crippen LogP) is 2.03. The van der Waals surface area contributed by atoms with E-state index in [0.29, 0.717) is 26.3 Å². The van der Waals surface area contributed by atoms with Gasteiger partial charge in [0.25, 0.3) is 5.91 Å². The lowest BCUT2D eigenvalue weighted by Gasteiger charge is -2.31. The number of ether oxygens (including phenoxy) is 2. The highest BCUT2D eigenvalue weighted by Crippen LogP contribution is 2.34. The summed E-state index contributed by atoms with van der Waals surface area (Å²) in [5.41, 5.74) is 0.364. The van der Waals surface area contributed by atoms with Crippen LogP contribution >= 0.6 is 11.3 Å². The van der Waals surface area contributed by atoms with Crippen molar-refractivity contribution in [2.24, 2.45) is 0 Å². The first-order chi connectivity index (χ1) is 11.7. The molecule has 2 aromatic heterocycles. The minimum absolute atomic E-state index is 0.0697. The first-order valence-corrected chi connectivity index (χ1v) is 9.23. The molecule has 4 heterocycles. The molecular weight excluding hydrogens is 326 g/mol. The van der Waals surface area contributed by atoms with Gasteiger partial charge in [0.15, 0.2) is 0 Å². The topological polar surface area (TPSA) is 56.6 Å². The average Bonchev–Trinajstić information content (AvgIpc) is 3.30. The summed E-state index contributed by atoms with van der Waals surface area (Å²) >= 11 is 1.54. The lowest BCUT2D eigenvalue weighted by Crippen LogP contribution is -2.46. The fourth-order valence-corrected chi connectivity index (χ4v) is 4.14. The minimum atomic E-state index is -0.389. The molecule has 0 saturated carbocycles. The molecule has 2 aromatic rings. The molecule has 24 heavy (non-hydrogen) atoms. The van der Waals surface area contributed by atoms with Crippen molar-refractivity contribution in [1.82, 2.24) is 14.7 Å². The molecule has 0 aromatic carbocycles. The van der Waals surface area contributed by atoms with Crippen molar-refractivity contribution in [1.29, 1.82) is 0 Å². The van der Waals surface area contributed by atoms with E-state index in [1.165, 1.54) is 0 Å². The molecule has 1 amide bonds. The maximum absolute atomic E-state index is 12.7. The Balaban J connectivity index is 1.45. The van der Waals surface area contributed by atoms with Gasteiger partial charge in [0, 0.05) is 24.3 Å². The summed E-state index contributed by atoms with van der Waals surface area (Å²) in [4.78, 5) is 14.6. The van der Waals surface area contributed by atoms with Gasteiger partial charge in [-0.15, -0.1) is 0 Å². The number of carbonyl (C=O) groups is 1. The van der Waals surface area contributed by atoms with Crippen molar-refractivity contribution >= 4 is 17.2 Å². The zero-order valence-electron chi connectivity index (χ0n) is 13.5. The van der Waals surface area contributed by atoms with Crippen molar-refractivity contribution in [2.45, 2.75) is 31.1 Å². The molecule has 2 saturated heterocycles. The van der Waals surface area contributed by atoms with Gasteiger partial charge in [-0.25, -0.2) is 0 Å². The summed E-state index contributed by atoms with van der Waals surface area (Å²) in [6, 6.07) is 3.79. The van der Waals surface area contributed by atoms with Crippen LogP contribution in [-0.4, -0.2) is 58.6 Å². The number of amides is 1. The van der Waals surface area contributed by atoms with Crippen LogP contribution < -0.4 is 0 Å². The van der Waals surface area contributed by atoms with Gasteiger partial charge in [-0.3, -0.25) is 9.48 Å². The number of nitrogens with zero attached hydrogens (tertiary/aromatic N) is 3. The molecule has 2 aliphatic heterocycles. The number of rotatable bonds is 3. The van der Waals surface area contributed by atoms with Gasteiger partial charge >= 0.3 is 0 Å². The molecule has 7 heteroatoms. The van der Waals surface area contributed by atoms with E-state index in [-0.39, 0.29) is 17.6 Å². The molecule has 128 valence electrons. The number of hydrogen-bond acceptors (Lipinski definition) is 5. The van der Waals surface area contributed by atoms with Crippen LogP contribution in [0.5, 0.6) is 0 Å². The monoisotopic (exact) mass is 347 g/mol. The molecule has 0 aliphatic carbocycles. The summed E-state index contributed by atoms with van der Waals surface area (Å²) < 4.78 is 14.0. The molecule has 2 aliphatic rings. The third-order valence-electron chi connectivity index (χ3n) is 4.69. The van der Waals surface area contributed by atoms with Gasteiger partial charge in [-0.2, -0.15) is 16.4 Å². The summed E-state index contributed by atoms with van der Waals surface area (Å²) in [5, 5.41) is 8.08. The standard InChI is InChI=1S/C17H21N3O3S/c21-16(14-3-9-24-11-14)19-7-8-22-13-17(12-19)4-2-15(23-17)10-20-6-1-5-18-20/h1,3,5-6,9,11,15H,2,4,7-8,10,12-13H2. The zero-order valence-corrected chi connectivity index (χ0v) is 14.3. The van der Waals surface area contributed by atoms with Crippen molar-refractivity contribution in [3.63, 3.8) is 0 Å². The lowest BCUT2D eigenvalue weighted by atomic mass is 10.00. The first kappa shape index (κ1) is 15.8. The summed E-state index contributed by atoms with van der Waals surface area (Å²) in [7, 11) is 0. The SMILES string of the molecule is O=C(c1ccsc1)N1CCOCC2(CCC(Cn3cccn3)O2)C1. The molecule has 6 nitrogen and oxygen atoms in total. The van der Waals surface area contributed by atoms with Crippen LogP contribution in [0, 0.1) is 0 Å². The highest BCUT2D eigenvalue weighted by Gasteiger charge is 2.44. The van der Waals surface area contributed by atoms with Crippen LogP contribution in [0.15, 0.2) is 35.3 Å². The Kier molecular flexibility index (Phi) is 4.39. The van der Waals surface area contributed by atoms with Crippen LogP contribution in [0.3, 0.4) is 0 Å². The van der Waals surface area contributed by atoms with Crippen LogP contribution in [-0.2, 0) is 16.0 Å². The van der Waals surface area contributed by atoms with Gasteiger partial charge in [0.05, 0.1) is 38.0 Å². The molecule has 1 spiro atoms. The van der Waals surface area contributed by atoms with Crippen LogP contribution in [0.2, 0.25) is 0 Å². The fourth-order valence-electron chi connectivity index (χ4n) is 3.51. The molecule has 2 fully saturated rings. The Labute approximate surface area is 145 Å². The second kappa shape index (κ2) is 6.66. The van der Waals surface area contributed by atoms with Crippen molar-refractivity contribution in [3.8, 4) is 0 Å². The van der Waals surface area contributed by atoms with Gasteiger partial charge in [0.1, 0.15) is 5.60 Å². The van der Waals surface area contributed by atoms with E-state index >= 15 is 0 Å². The quantitative estimate of drug-likeness (QED) is 0.853. The molecular formula is C17H21N3O3S. The van der Waals surface area contributed by atoms with E-state index in [1.54, 1.807) is 17.5 Å². The number of thiophene rings is 1. The summed E-state index contributed by atoms with van der Waals surface area (Å²) in [6.45, 7) is 3.06. The minimum Gasteiger partial charge on any atom is -0.377 e. The van der Waals surface area contributed by atoms with Crippen molar-refractivity contribution in [2.75, 3.05) is 26.3 Å². The second-order valence-corrected chi connectivity index (χ2v) is 7.26. The van der Waals surface area contributed by atoms with Crippen molar-refractivity contribution in [3.05, 3.63) is 40.8 Å². The normalized spacial score (nSPS) is 27.5. The Morgan fingerprint density at radius 3 is 3.25 bits per heavy atom. The number of aromatic nitrogens is 2. The molecule has 0 bridgehead atoms. The third-order valence-corrected chi connectivity index (χ3v) is 5.38. The number of hydrogen-bond donors (Lipinski definition) is 0. The Morgan fingerprint density at radius 2 is 2.46 bits per heavy atom. The van der Waals surface area contributed by atoms with Gasteiger partial charge in [0.2, 0.25) is 0 Å². The predicted molar refractivity (Wildman–Crippen MR) is 90.1 cm³/mol. The van der Waals surface area contributed by atoms with Gasteiger partial charge < -0.3 is 14.4 Å². The van der Waals surface area contributed by atoms with Crippen LogP contribution in [0.4, 0.5) is 0 Å². The highest BCUT2D eigenvalue weighted by molar-refractivity contribution is 7.08. The Morgan fingerprint density at radius 1 is 1.50 bits per heavy atom. The molecule has 0 N–H and O–H groups in total. The zero-order chi connectivity index (χ0) is 16.4. The maximum Gasteiger partial charge on any atom is 0.254 e. The third kappa shape index (κ3) is 3.24. The van der Waals surface area contributed by atoms with Crippen LogP contribution in [0.25, 0.3) is 0 Å². The van der Waals surface area contributed by atoms with Gasteiger partial charge in [-0.1, -0.05) is 0 Å². The number of carbonyl (C=O) groups excluding carboxylic acids is 1. The molecule has 0 radical (unpaired) electrons. The van der Waals surface area contributed by atoms with E-state index in [1.807, 2.05) is 38.7 Å². The highest BCUT2D eigenvalue weighted by atomic mass is 32.1. The van der Waals surface area contributed by atoms with E-state index in [2.05, 4.69) is 5.10 Å². The van der Waals surface area contributed by atoms with E-state index < -0.39 is 0 Å². The van der Waals surface area contributed by atoms with Crippen molar-refractivity contribution < 1.29 is 14.3 Å². The second-order valence-electron chi connectivity index (χ2n) is 6.48. The molecule has 4 rings (SSSR count). The summed E-state index contributed by atoms with van der Waals surface area (Å²) in [6.07, 6.45) is 5.71. The largest absolute Gasteiger partial charge is 0.377 e. The van der Waals surface area contributed by atoms with E-state index in [0.717, 1.165) is 24.9 Å². The lowest BCUT2D eigenvalue weighted by molar-refractivity contribution is -0.0881. The fraction of sp³-hybridized carbons (Fsp3) is 0.529. The Bertz CT molecular complexity index is 673. The molecule has 2 atom stereocenters. The average molecular weight is 347 g/mol. The Hall–Kier alpha value is -1.70. The van der Waals surface area contributed by atoms with E-state index in [9.17, 15) is 4.79 Å². The first-order valence-electron chi connectivity index (χ1n) is 8.29. The maximum atomic E-state index is 12.7.